The van der Waals surface area contributed by atoms with Crippen molar-refractivity contribution in [1.82, 2.24) is 5.16 Å². The number of nitrogens with zero attached hydrogens (tertiary/aromatic N) is 2. The van der Waals surface area contributed by atoms with Crippen molar-refractivity contribution < 1.29 is 14.1 Å². The number of hydrogen-bond donors (Lipinski definition) is 0. The fourth-order valence-corrected chi connectivity index (χ4v) is 4.64. The Labute approximate surface area is 115 Å². The van der Waals surface area contributed by atoms with Gasteiger partial charge in [0.1, 0.15) is 5.76 Å². The van der Waals surface area contributed by atoms with Crippen LogP contribution >= 0.6 is 0 Å². The number of imide groups is 1. The lowest BCUT2D eigenvalue weighted by molar-refractivity contribution is -0.124. The van der Waals surface area contributed by atoms with Crippen LogP contribution in [0.15, 0.2) is 22.7 Å². The summed E-state index contributed by atoms with van der Waals surface area (Å²) in [6.45, 7) is 1.76. The van der Waals surface area contributed by atoms with E-state index < -0.39 is 0 Å². The van der Waals surface area contributed by atoms with E-state index in [1.54, 1.807) is 13.0 Å². The summed E-state index contributed by atoms with van der Waals surface area (Å²) >= 11 is 0. The molecule has 0 radical (unpaired) electrons. The standard InChI is InChI=1S/C15H14N2O3/c1-6-4-11(16-20-6)17-14(18)12-7-2-3-8(10-5-9(7)10)13(12)15(17)19/h2-4,7-10,12-13H,5H2,1H3/t7-,8-,9-,10-,12+,13+/m0/s1. The lowest BCUT2D eigenvalue weighted by atomic mass is 9.63. The van der Waals surface area contributed by atoms with E-state index in [0.717, 1.165) is 0 Å². The summed E-state index contributed by atoms with van der Waals surface area (Å²) in [6.07, 6.45) is 5.52. The first-order valence-corrected chi connectivity index (χ1v) is 7.16. The number of carbonyl (C=O) groups excluding carboxylic acids is 2. The molecule has 3 fully saturated rings. The molecule has 0 N–H and O–H groups in total. The normalized spacial score (nSPS) is 44.0. The Bertz CT molecular complexity index is 640. The Balaban J connectivity index is 1.60. The monoisotopic (exact) mass is 270 g/mol. The zero-order valence-electron chi connectivity index (χ0n) is 11.0. The fourth-order valence-electron chi connectivity index (χ4n) is 4.64. The van der Waals surface area contributed by atoms with Crippen LogP contribution in [0.2, 0.25) is 0 Å². The third-order valence-electron chi connectivity index (χ3n) is 5.51. The zero-order chi connectivity index (χ0) is 13.6. The molecule has 20 heavy (non-hydrogen) atoms. The van der Waals surface area contributed by atoms with Crippen LogP contribution in [-0.2, 0) is 9.59 Å². The largest absolute Gasteiger partial charge is 0.360 e. The second kappa shape index (κ2) is 3.22. The van der Waals surface area contributed by atoms with Gasteiger partial charge < -0.3 is 4.52 Å². The number of rotatable bonds is 1. The molecule has 5 heteroatoms. The minimum absolute atomic E-state index is 0.0852. The molecule has 5 nitrogen and oxygen atoms in total. The van der Waals surface area contributed by atoms with Gasteiger partial charge in [-0.25, -0.2) is 4.90 Å². The minimum Gasteiger partial charge on any atom is -0.360 e. The summed E-state index contributed by atoms with van der Waals surface area (Å²) < 4.78 is 5.01. The summed E-state index contributed by atoms with van der Waals surface area (Å²) in [5.41, 5.74) is 0. The number of hydrogen-bond acceptors (Lipinski definition) is 4. The molecule has 2 bridgehead atoms. The number of anilines is 1. The maximum atomic E-state index is 12.7. The van der Waals surface area contributed by atoms with Gasteiger partial charge in [-0.15, -0.1) is 0 Å². The van der Waals surface area contributed by atoms with E-state index in [1.165, 1.54) is 11.3 Å². The molecule has 0 spiro atoms. The van der Waals surface area contributed by atoms with E-state index in [4.69, 9.17) is 4.52 Å². The molecule has 6 atom stereocenters. The van der Waals surface area contributed by atoms with E-state index in [0.29, 0.717) is 23.4 Å². The Kier molecular flexibility index (Phi) is 1.74. The quantitative estimate of drug-likeness (QED) is 0.573. The van der Waals surface area contributed by atoms with Gasteiger partial charge in [0.25, 0.3) is 0 Å². The summed E-state index contributed by atoms with van der Waals surface area (Å²) in [6, 6.07) is 1.66. The van der Waals surface area contributed by atoms with Crippen molar-refractivity contribution in [2.45, 2.75) is 13.3 Å². The second-order valence-electron chi connectivity index (χ2n) is 6.46. The van der Waals surface area contributed by atoms with Gasteiger partial charge in [0.2, 0.25) is 11.8 Å². The molecule has 2 saturated carbocycles. The first-order valence-electron chi connectivity index (χ1n) is 7.16. The minimum atomic E-state index is -0.168. The van der Waals surface area contributed by atoms with Gasteiger partial charge >= 0.3 is 0 Å². The van der Waals surface area contributed by atoms with Gasteiger partial charge in [0, 0.05) is 6.07 Å². The van der Waals surface area contributed by atoms with Crippen LogP contribution in [0.1, 0.15) is 12.2 Å². The molecule has 5 aliphatic rings. The number of aromatic nitrogens is 1. The number of carbonyl (C=O) groups is 2. The van der Waals surface area contributed by atoms with Gasteiger partial charge in [-0.1, -0.05) is 17.3 Å². The van der Waals surface area contributed by atoms with Crippen molar-refractivity contribution in [3.63, 3.8) is 0 Å². The summed E-state index contributed by atoms with van der Waals surface area (Å²) in [5, 5.41) is 3.85. The van der Waals surface area contributed by atoms with Crippen LogP contribution in [0.25, 0.3) is 0 Å². The third kappa shape index (κ3) is 1.09. The van der Waals surface area contributed by atoms with Crippen LogP contribution in [0.5, 0.6) is 0 Å². The van der Waals surface area contributed by atoms with Crippen molar-refractivity contribution in [2.75, 3.05) is 4.90 Å². The maximum Gasteiger partial charge on any atom is 0.239 e. The maximum absolute atomic E-state index is 12.7. The molecule has 2 heterocycles. The molecule has 102 valence electrons. The van der Waals surface area contributed by atoms with E-state index in [2.05, 4.69) is 17.3 Å². The lowest BCUT2D eigenvalue weighted by Gasteiger charge is -2.37. The van der Waals surface area contributed by atoms with Crippen molar-refractivity contribution >= 4 is 17.6 Å². The predicted molar refractivity (Wildman–Crippen MR) is 68.4 cm³/mol. The molecular weight excluding hydrogens is 256 g/mol. The third-order valence-corrected chi connectivity index (χ3v) is 5.51. The van der Waals surface area contributed by atoms with E-state index in [1.807, 2.05) is 0 Å². The average Bonchev–Trinajstić information content (AvgIpc) is 3.10. The summed E-state index contributed by atoms with van der Waals surface area (Å²) in [7, 11) is 0. The van der Waals surface area contributed by atoms with Crippen LogP contribution in [-0.4, -0.2) is 17.0 Å². The first-order chi connectivity index (χ1) is 9.66. The molecule has 0 aromatic carbocycles. The molecule has 1 aliphatic heterocycles. The van der Waals surface area contributed by atoms with Crippen molar-refractivity contribution in [2.24, 2.45) is 35.5 Å². The summed E-state index contributed by atoms with van der Waals surface area (Å²) in [5.74, 6) is 2.21. The number of aryl methyl sites for hydroxylation is 1. The Hall–Kier alpha value is -1.91. The molecule has 1 saturated heterocycles. The van der Waals surface area contributed by atoms with E-state index >= 15 is 0 Å². The lowest BCUT2D eigenvalue weighted by Crippen LogP contribution is -2.40. The second-order valence-corrected chi connectivity index (χ2v) is 6.46. The van der Waals surface area contributed by atoms with Crippen LogP contribution in [0.4, 0.5) is 5.82 Å². The van der Waals surface area contributed by atoms with Gasteiger partial charge in [-0.05, 0) is 37.0 Å². The Morgan fingerprint density at radius 3 is 2.25 bits per heavy atom. The molecule has 4 aliphatic carbocycles. The highest BCUT2D eigenvalue weighted by atomic mass is 16.5. The highest BCUT2D eigenvalue weighted by molar-refractivity contribution is 6.22. The van der Waals surface area contributed by atoms with Crippen molar-refractivity contribution in [3.05, 3.63) is 24.0 Å². The molecule has 6 rings (SSSR count). The highest BCUT2D eigenvalue weighted by Gasteiger charge is 2.67. The first kappa shape index (κ1) is 10.8. The number of amides is 2. The van der Waals surface area contributed by atoms with Gasteiger partial charge in [-0.2, -0.15) is 0 Å². The van der Waals surface area contributed by atoms with E-state index in [-0.39, 0.29) is 35.5 Å². The molecule has 2 amide bonds. The predicted octanol–water partition coefficient (Wildman–Crippen LogP) is 1.54. The topological polar surface area (TPSA) is 63.4 Å². The van der Waals surface area contributed by atoms with Gasteiger partial charge in [-0.3, -0.25) is 9.59 Å². The zero-order valence-corrected chi connectivity index (χ0v) is 11.0. The average molecular weight is 270 g/mol. The van der Waals surface area contributed by atoms with Gasteiger partial charge in [0.05, 0.1) is 11.8 Å². The van der Waals surface area contributed by atoms with Crippen LogP contribution in [0.3, 0.4) is 0 Å². The molecule has 1 aromatic rings. The molecule has 1 aromatic heterocycles. The number of allylic oxidation sites excluding steroid dienone is 2. The SMILES string of the molecule is Cc1cc(N2C(=O)[C@@H]3[C@H]4C=C[C@@H]([C@@H]5C[C@@H]45)[C@H]3C2=O)no1. The van der Waals surface area contributed by atoms with Crippen LogP contribution < -0.4 is 4.90 Å². The smallest absolute Gasteiger partial charge is 0.239 e. The fraction of sp³-hybridized carbons (Fsp3) is 0.533. The van der Waals surface area contributed by atoms with Crippen molar-refractivity contribution in [1.29, 1.82) is 0 Å². The Morgan fingerprint density at radius 2 is 1.75 bits per heavy atom. The highest BCUT2D eigenvalue weighted by Crippen LogP contribution is 2.65. The Morgan fingerprint density at radius 1 is 1.15 bits per heavy atom. The summed E-state index contributed by atoms with van der Waals surface area (Å²) in [4.78, 5) is 26.7. The molecule has 0 unspecified atom stereocenters. The van der Waals surface area contributed by atoms with Crippen LogP contribution in [0, 0.1) is 42.4 Å². The molecular formula is C15H14N2O3. The van der Waals surface area contributed by atoms with Crippen molar-refractivity contribution in [3.8, 4) is 0 Å². The van der Waals surface area contributed by atoms with E-state index in [9.17, 15) is 9.59 Å². The van der Waals surface area contributed by atoms with Gasteiger partial charge in [0.15, 0.2) is 5.82 Å².